The number of para-hydroxylation sites is 1. The highest BCUT2D eigenvalue weighted by molar-refractivity contribution is 6.09. The summed E-state index contributed by atoms with van der Waals surface area (Å²) in [6.07, 6.45) is 0. The molecule has 1 aliphatic heterocycles. The van der Waals surface area contributed by atoms with Gasteiger partial charge >= 0.3 is 0 Å². The smallest absolute Gasteiger partial charge is 0.135 e. The fraction of sp³-hybridized carbons (Fsp3) is 0.0244. The Morgan fingerprint density at radius 2 is 0.976 bits per heavy atom. The van der Waals surface area contributed by atoms with Gasteiger partial charge in [-0.25, -0.2) is 0 Å². The molecule has 0 bridgehead atoms. The van der Waals surface area contributed by atoms with Crippen LogP contribution in [0.4, 0.5) is 0 Å². The van der Waals surface area contributed by atoms with E-state index >= 15 is 0 Å². The van der Waals surface area contributed by atoms with Crippen molar-refractivity contribution in [3.63, 3.8) is 0 Å². The van der Waals surface area contributed by atoms with Gasteiger partial charge in [-0.3, -0.25) is 0 Å². The van der Waals surface area contributed by atoms with Crippen LogP contribution < -0.4 is 4.74 Å². The maximum Gasteiger partial charge on any atom is 0.135 e. The Hall–Kier alpha value is -5.40. The zero-order valence-corrected chi connectivity index (χ0v) is 22.9. The molecule has 7 aromatic carbocycles. The lowest BCUT2D eigenvalue weighted by Gasteiger charge is -2.34. The van der Waals surface area contributed by atoms with Crippen LogP contribution in [0.3, 0.4) is 0 Å². The Labute approximate surface area is 245 Å². The minimum absolute atomic E-state index is 0.391. The van der Waals surface area contributed by atoms with Gasteiger partial charge in [0.1, 0.15) is 11.5 Å². The summed E-state index contributed by atoms with van der Waals surface area (Å²) in [7, 11) is 0. The van der Waals surface area contributed by atoms with Crippen LogP contribution in [0.2, 0.25) is 0 Å². The predicted octanol–water partition coefficient (Wildman–Crippen LogP) is 10.6. The van der Waals surface area contributed by atoms with E-state index in [9.17, 15) is 0 Å². The summed E-state index contributed by atoms with van der Waals surface area (Å²) in [6, 6.07) is 57.3. The molecule has 0 unspecified atom stereocenters. The van der Waals surface area contributed by atoms with Crippen LogP contribution >= 0.6 is 0 Å². The van der Waals surface area contributed by atoms with Gasteiger partial charge in [-0.15, -0.1) is 0 Å². The molecule has 0 amide bonds. The summed E-state index contributed by atoms with van der Waals surface area (Å²) < 4.78 is 6.36. The molecule has 0 saturated heterocycles. The first-order chi connectivity index (χ1) is 20.8. The largest absolute Gasteiger partial charge is 0.456 e. The molecule has 1 nitrogen and oxygen atoms in total. The molecule has 2 aliphatic rings. The molecule has 42 heavy (non-hydrogen) atoms. The van der Waals surface area contributed by atoms with E-state index in [-0.39, 0.29) is 0 Å². The summed E-state index contributed by atoms with van der Waals surface area (Å²) in [6.45, 7) is 0. The van der Waals surface area contributed by atoms with Crippen LogP contribution in [0.5, 0.6) is 11.5 Å². The van der Waals surface area contributed by atoms with Crippen LogP contribution in [-0.2, 0) is 5.41 Å². The zero-order valence-electron chi connectivity index (χ0n) is 22.9. The molecular formula is C41H26O. The summed E-state index contributed by atoms with van der Waals surface area (Å²) >= 11 is 0. The van der Waals surface area contributed by atoms with E-state index in [2.05, 4.69) is 152 Å². The summed E-state index contributed by atoms with van der Waals surface area (Å²) in [5.41, 5.74) is 12.3. The van der Waals surface area contributed by atoms with Crippen LogP contribution in [0.1, 0.15) is 22.3 Å². The van der Waals surface area contributed by atoms with Crippen molar-refractivity contribution in [2.75, 3.05) is 0 Å². The van der Waals surface area contributed by atoms with E-state index in [1.165, 1.54) is 60.8 Å². The highest BCUT2D eigenvalue weighted by Gasteiger charge is 2.45. The topological polar surface area (TPSA) is 9.23 Å². The first kappa shape index (κ1) is 23.3. The van der Waals surface area contributed by atoms with Gasteiger partial charge in [-0.05, 0) is 62.0 Å². The van der Waals surface area contributed by atoms with Crippen molar-refractivity contribution in [3.05, 3.63) is 180 Å². The molecule has 0 saturated carbocycles. The Balaban J connectivity index is 1.29. The monoisotopic (exact) mass is 534 g/mol. The quantitative estimate of drug-likeness (QED) is 0.219. The third-order valence-corrected chi connectivity index (χ3v) is 9.17. The van der Waals surface area contributed by atoms with Crippen LogP contribution in [0.15, 0.2) is 158 Å². The van der Waals surface area contributed by atoms with E-state index < -0.39 is 5.41 Å². The van der Waals surface area contributed by atoms with Crippen molar-refractivity contribution >= 4 is 10.8 Å². The van der Waals surface area contributed by atoms with Crippen molar-refractivity contribution in [2.45, 2.75) is 5.41 Å². The van der Waals surface area contributed by atoms with Gasteiger partial charge in [0.05, 0.1) is 5.41 Å². The van der Waals surface area contributed by atoms with Crippen LogP contribution in [-0.4, -0.2) is 0 Å². The van der Waals surface area contributed by atoms with Crippen LogP contribution in [0.25, 0.3) is 44.2 Å². The second-order valence-electron chi connectivity index (χ2n) is 11.2. The van der Waals surface area contributed by atoms with Gasteiger partial charge in [0.15, 0.2) is 0 Å². The maximum atomic E-state index is 6.36. The molecule has 1 heterocycles. The molecule has 1 aliphatic carbocycles. The highest BCUT2D eigenvalue weighted by atomic mass is 16.5. The van der Waals surface area contributed by atoms with E-state index in [1.54, 1.807) is 0 Å². The average molecular weight is 535 g/mol. The summed E-state index contributed by atoms with van der Waals surface area (Å²) in [4.78, 5) is 0. The van der Waals surface area contributed by atoms with Gasteiger partial charge in [-0.2, -0.15) is 0 Å². The lowest BCUT2D eigenvalue weighted by Crippen LogP contribution is -2.28. The molecule has 0 N–H and O–H groups in total. The molecule has 0 fully saturated rings. The number of rotatable bonds is 3. The van der Waals surface area contributed by atoms with Gasteiger partial charge in [-0.1, -0.05) is 146 Å². The summed E-state index contributed by atoms with van der Waals surface area (Å²) in [5.74, 6) is 1.82. The first-order valence-corrected chi connectivity index (χ1v) is 14.5. The molecule has 1 heteroatoms. The lowest BCUT2D eigenvalue weighted by molar-refractivity contribution is 0.487. The number of hydrogen-bond acceptors (Lipinski definition) is 1. The molecule has 0 spiro atoms. The third-order valence-electron chi connectivity index (χ3n) is 9.17. The highest BCUT2D eigenvalue weighted by Crippen LogP contribution is 2.56. The third kappa shape index (κ3) is 3.08. The molecule has 196 valence electrons. The van der Waals surface area contributed by atoms with E-state index in [4.69, 9.17) is 4.74 Å². The van der Waals surface area contributed by atoms with E-state index in [0.29, 0.717) is 0 Å². The van der Waals surface area contributed by atoms with Crippen molar-refractivity contribution < 1.29 is 4.74 Å². The van der Waals surface area contributed by atoms with Crippen LogP contribution in [0, 0.1) is 0 Å². The molecule has 9 rings (SSSR count). The average Bonchev–Trinajstić information content (AvgIpc) is 3.37. The second-order valence-corrected chi connectivity index (χ2v) is 11.2. The fourth-order valence-corrected chi connectivity index (χ4v) is 7.44. The Kier molecular flexibility index (Phi) is 4.88. The van der Waals surface area contributed by atoms with Gasteiger partial charge < -0.3 is 4.74 Å². The Bertz CT molecular complexity index is 2110. The minimum atomic E-state index is -0.391. The van der Waals surface area contributed by atoms with Crippen molar-refractivity contribution in [1.29, 1.82) is 0 Å². The molecule has 7 aromatic rings. The molecule has 0 aromatic heterocycles. The van der Waals surface area contributed by atoms with Gasteiger partial charge in [0, 0.05) is 16.5 Å². The SMILES string of the molecule is c1ccc(C2(c3ccc(-c4ccc5cccc6c5c4-c4ccccc4O6)cc3)c3ccccc3-c3ccccc32)cc1. The first-order valence-electron chi connectivity index (χ1n) is 14.5. The van der Waals surface area contributed by atoms with Crippen molar-refractivity contribution in [1.82, 2.24) is 0 Å². The molecule has 0 atom stereocenters. The molecule has 0 radical (unpaired) electrons. The Morgan fingerprint density at radius 1 is 0.381 bits per heavy atom. The number of fused-ring (bicyclic) bond motifs is 5. The standard InChI is InChI=1S/C41H26O/c1-2-12-29(13-3-1)41(35-17-7-4-14-32(35)33-15-5-8-18-36(33)41)30-24-21-27(22-25-30)31-26-23-28-11-10-20-38-39(28)40(31)34-16-6-9-19-37(34)42-38/h1-26H. The number of hydrogen-bond donors (Lipinski definition) is 0. The fourth-order valence-electron chi connectivity index (χ4n) is 7.44. The normalized spacial score (nSPS) is 13.6. The van der Waals surface area contributed by atoms with E-state index in [1.807, 2.05) is 6.07 Å². The van der Waals surface area contributed by atoms with Crippen molar-refractivity contribution in [2.24, 2.45) is 0 Å². The lowest BCUT2D eigenvalue weighted by atomic mass is 9.67. The van der Waals surface area contributed by atoms with Gasteiger partial charge in [0.25, 0.3) is 0 Å². The minimum Gasteiger partial charge on any atom is -0.456 e. The second kappa shape index (κ2) is 8.80. The zero-order chi connectivity index (χ0) is 27.7. The van der Waals surface area contributed by atoms with Gasteiger partial charge in [0.2, 0.25) is 0 Å². The predicted molar refractivity (Wildman–Crippen MR) is 172 cm³/mol. The number of benzene rings is 7. The molecular weight excluding hydrogens is 508 g/mol. The maximum absolute atomic E-state index is 6.36. The Morgan fingerprint density at radius 3 is 1.71 bits per heavy atom. The summed E-state index contributed by atoms with van der Waals surface area (Å²) in [5, 5.41) is 2.37. The number of ether oxygens (including phenoxy) is 1. The van der Waals surface area contributed by atoms with E-state index in [0.717, 1.165) is 17.1 Å². The van der Waals surface area contributed by atoms with Crippen molar-refractivity contribution in [3.8, 4) is 44.9 Å².